The predicted octanol–water partition coefficient (Wildman–Crippen LogP) is 5.13. The van der Waals surface area contributed by atoms with E-state index < -0.39 is 28.9 Å². The van der Waals surface area contributed by atoms with Gasteiger partial charge in [-0.15, -0.1) is 6.42 Å². The van der Waals surface area contributed by atoms with E-state index in [2.05, 4.69) is 20.8 Å². The summed E-state index contributed by atoms with van der Waals surface area (Å²) >= 11 is 0. The van der Waals surface area contributed by atoms with Crippen LogP contribution in [0.15, 0.2) is 24.3 Å². The fourth-order valence-corrected chi connectivity index (χ4v) is 7.52. The number of terminal acetylenes is 1. The highest BCUT2D eigenvalue weighted by molar-refractivity contribution is 6.04. The Bertz CT molecular complexity index is 1910. The number of phenols is 1. The van der Waals surface area contributed by atoms with Crippen molar-refractivity contribution in [2.24, 2.45) is 0 Å². The molecule has 2 aromatic carbocycles. The second kappa shape index (κ2) is 11.2. The Morgan fingerprint density at radius 2 is 1.91 bits per heavy atom. The van der Waals surface area contributed by atoms with Crippen molar-refractivity contribution >= 4 is 27.5 Å². The first-order valence-electron chi connectivity index (χ1n) is 15.4. The standard InChI is InChI=1S/C34H34F3N5O4/c1-4-22-24(36)8-7-19-13-21(43)14-23(25(19)22)28-27(37)29-26(31(38-28)45-3)30(41-11-5-9-33(2,44)17-41)40-32(39-29)46-18-34-10-6-12-42(34)16-20(35)15-34/h1,7-8,13-14,20,43-44H,5-6,9-12,15-18H2,2-3H3. The molecule has 3 unspecified atom stereocenters. The van der Waals surface area contributed by atoms with Crippen LogP contribution in [0.2, 0.25) is 0 Å². The number of phenolic OH excluding ortho intramolecular Hbond substituents is 1. The minimum atomic E-state index is -1.03. The van der Waals surface area contributed by atoms with E-state index in [0.717, 1.165) is 19.4 Å². The van der Waals surface area contributed by atoms with Crippen LogP contribution in [0.1, 0.15) is 44.6 Å². The van der Waals surface area contributed by atoms with Gasteiger partial charge < -0.3 is 24.6 Å². The van der Waals surface area contributed by atoms with Crippen LogP contribution in [0.5, 0.6) is 17.6 Å². The van der Waals surface area contributed by atoms with Gasteiger partial charge in [-0.1, -0.05) is 12.0 Å². The number of nitrogens with zero attached hydrogens (tertiary/aromatic N) is 5. The Labute approximate surface area is 264 Å². The number of alkyl halides is 1. The Kier molecular flexibility index (Phi) is 7.36. The monoisotopic (exact) mass is 633 g/mol. The third-order valence-corrected chi connectivity index (χ3v) is 9.56. The number of rotatable bonds is 6. The van der Waals surface area contributed by atoms with Crippen LogP contribution < -0.4 is 14.4 Å². The topological polar surface area (TPSA) is 104 Å². The number of anilines is 1. The van der Waals surface area contributed by atoms with Gasteiger partial charge >= 0.3 is 6.01 Å². The summed E-state index contributed by atoms with van der Waals surface area (Å²) < 4.78 is 58.2. The zero-order valence-electron chi connectivity index (χ0n) is 25.6. The molecule has 0 amide bonds. The molecule has 2 N–H and O–H groups in total. The van der Waals surface area contributed by atoms with E-state index in [-0.39, 0.29) is 69.7 Å². The maximum absolute atomic E-state index is 16.9. The zero-order chi connectivity index (χ0) is 32.4. The normalized spacial score (nSPS) is 24.8. The maximum atomic E-state index is 16.9. The molecule has 0 bridgehead atoms. The van der Waals surface area contributed by atoms with E-state index in [0.29, 0.717) is 37.7 Å². The van der Waals surface area contributed by atoms with E-state index >= 15 is 4.39 Å². The zero-order valence-corrected chi connectivity index (χ0v) is 25.6. The summed E-state index contributed by atoms with van der Waals surface area (Å²) in [5.74, 6) is 0.802. The summed E-state index contributed by atoms with van der Waals surface area (Å²) in [6.45, 7) is 3.68. The van der Waals surface area contributed by atoms with Gasteiger partial charge in [0.05, 0.1) is 23.8 Å². The van der Waals surface area contributed by atoms with Crippen LogP contribution in [0, 0.1) is 24.0 Å². The van der Waals surface area contributed by atoms with Gasteiger partial charge in [0, 0.05) is 37.0 Å². The fraction of sp³-hybridized carbons (Fsp3) is 0.441. The third kappa shape index (κ3) is 5.02. The third-order valence-electron chi connectivity index (χ3n) is 9.56. The summed E-state index contributed by atoms with van der Waals surface area (Å²) in [4.78, 5) is 17.6. The molecule has 12 heteroatoms. The molecule has 3 aliphatic rings. The highest BCUT2D eigenvalue weighted by atomic mass is 19.1. The number of fused-ring (bicyclic) bond motifs is 3. The second-order valence-corrected chi connectivity index (χ2v) is 12.9. The van der Waals surface area contributed by atoms with Crippen LogP contribution in [-0.4, -0.2) is 87.3 Å². The van der Waals surface area contributed by atoms with Gasteiger partial charge in [-0.05, 0) is 62.7 Å². The molecule has 0 saturated carbocycles. The Morgan fingerprint density at radius 1 is 1.11 bits per heavy atom. The van der Waals surface area contributed by atoms with Crippen molar-refractivity contribution < 1.29 is 32.9 Å². The van der Waals surface area contributed by atoms with E-state index in [4.69, 9.17) is 20.9 Å². The number of hydrogen-bond donors (Lipinski definition) is 2. The minimum Gasteiger partial charge on any atom is -0.508 e. The molecule has 3 fully saturated rings. The number of methoxy groups -OCH3 is 1. The van der Waals surface area contributed by atoms with Gasteiger partial charge in [-0.2, -0.15) is 9.97 Å². The van der Waals surface area contributed by atoms with Gasteiger partial charge in [-0.25, -0.2) is 18.2 Å². The van der Waals surface area contributed by atoms with Crippen LogP contribution in [0.25, 0.3) is 32.9 Å². The van der Waals surface area contributed by atoms with Crippen LogP contribution in [-0.2, 0) is 0 Å². The largest absolute Gasteiger partial charge is 0.508 e. The Hall–Kier alpha value is -4.34. The van der Waals surface area contributed by atoms with Crippen molar-refractivity contribution in [3.05, 3.63) is 41.5 Å². The van der Waals surface area contributed by atoms with Crippen molar-refractivity contribution in [2.75, 3.05) is 44.8 Å². The number of β-amino-alcohol motifs (C(OH)–C–C–N with tert-alkyl or cyclic N) is 1. The summed E-state index contributed by atoms with van der Waals surface area (Å²) in [5, 5.41) is 22.3. The maximum Gasteiger partial charge on any atom is 0.319 e. The second-order valence-electron chi connectivity index (χ2n) is 12.9. The predicted molar refractivity (Wildman–Crippen MR) is 167 cm³/mol. The Morgan fingerprint density at radius 3 is 2.67 bits per heavy atom. The van der Waals surface area contributed by atoms with Crippen molar-refractivity contribution in [1.82, 2.24) is 19.9 Å². The van der Waals surface area contributed by atoms with Crippen LogP contribution in [0.4, 0.5) is 19.0 Å². The minimum absolute atomic E-state index is 0.0232. The van der Waals surface area contributed by atoms with E-state index in [1.54, 1.807) is 6.92 Å². The summed E-state index contributed by atoms with van der Waals surface area (Å²) in [7, 11) is 1.37. The number of benzene rings is 2. The molecule has 5 heterocycles. The molecule has 3 saturated heterocycles. The molecule has 9 nitrogen and oxygen atoms in total. The first-order chi connectivity index (χ1) is 22.0. The number of ether oxygens (including phenoxy) is 2. The van der Waals surface area contributed by atoms with E-state index in [1.165, 1.54) is 31.4 Å². The van der Waals surface area contributed by atoms with Gasteiger partial charge in [0.15, 0.2) is 5.82 Å². The van der Waals surface area contributed by atoms with E-state index in [1.807, 2.05) is 4.90 Å². The lowest BCUT2D eigenvalue weighted by Gasteiger charge is -2.38. The smallest absolute Gasteiger partial charge is 0.319 e. The SMILES string of the molecule is C#Cc1c(F)ccc2cc(O)cc(-c3nc(OC)c4c(N5CCCC(C)(O)C5)nc(OCC56CCCN5CC(F)C6)nc4c3F)c12. The quantitative estimate of drug-likeness (QED) is 0.280. The first-order valence-corrected chi connectivity index (χ1v) is 15.4. The molecule has 46 heavy (non-hydrogen) atoms. The lowest BCUT2D eigenvalue weighted by Crippen LogP contribution is -2.46. The average molecular weight is 634 g/mol. The van der Waals surface area contributed by atoms with Gasteiger partial charge in [-0.3, -0.25) is 4.90 Å². The average Bonchev–Trinajstić information content (AvgIpc) is 3.55. The number of pyridine rings is 1. The van der Waals surface area contributed by atoms with Crippen molar-refractivity contribution in [2.45, 2.75) is 56.3 Å². The lowest BCUT2D eigenvalue weighted by atomic mass is 9.94. The number of aromatic nitrogens is 3. The number of aromatic hydroxyl groups is 1. The highest BCUT2D eigenvalue weighted by Gasteiger charge is 2.49. The van der Waals surface area contributed by atoms with Crippen molar-refractivity contribution in [3.63, 3.8) is 0 Å². The van der Waals surface area contributed by atoms with E-state index in [9.17, 15) is 19.0 Å². The molecule has 2 aromatic heterocycles. The summed E-state index contributed by atoms with van der Waals surface area (Å²) in [6, 6.07) is 5.17. The fourth-order valence-electron chi connectivity index (χ4n) is 7.52. The first kappa shape index (κ1) is 30.3. The van der Waals surface area contributed by atoms with Crippen LogP contribution in [0.3, 0.4) is 0 Å². The number of piperidine rings is 1. The molecule has 0 spiro atoms. The van der Waals surface area contributed by atoms with Crippen LogP contribution >= 0.6 is 0 Å². The van der Waals surface area contributed by atoms with Gasteiger partial charge in [0.2, 0.25) is 5.88 Å². The Balaban J connectivity index is 1.44. The molecule has 7 rings (SSSR count). The summed E-state index contributed by atoms with van der Waals surface area (Å²) in [6.07, 6.45) is 7.95. The van der Waals surface area contributed by atoms with Crippen molar-refractivity contribution in [1.29, 1.82) is 0 Å². The van der Waals surface area contributed by atoms with Gasteiger partial charge in [0.1, 0.15) is 46.8 Å². The molecule has 3 aliphatic heterocycles. The molecular weight excluding hydrogens is 599 g/mol. The van der Waals surface area contributed by atoms with Crippen molar-refractivity contribution in [3.8, 4) is 41.2 Å². The molecule has 240 valence electrons. The summed E-state index contributed by atoms with van der Waals surface area (Å²) in [5.41, 5.74) is -2.05. The molecular formula is C34H34F3N5O4. The number of aliphatic hydroxyl groups is 1. The molecule has 0 radical (unpaired) electrons. The molecule has 3 atom stereocenters. The van der Waals surface area contributed by atoms with Gasteiger partial charge in [0.25, 0.3) is 0 Å². The number of hydrogen-bond acceptors (Lipinski definition) is 9. The lowest BCUT2D eigenvalue weighted by molar-refractivity contribution is 0.0447. The highest BCUT2D eigenvalue weighted by Crippen LogP contribution is 2.44. The molecule has 0 aliphatic carbocycles. The molecule has 4 aromatic rings. The number of halogens is 3.